The molecule has 0 bridgehead atoms. The van der Waals surface area contributed by atoms with Gasteiger partial charge in [0.25, 0.3) is 0 Å². The van der Waals surface area contributed by atoms with Gasteiger partial charge in [-0.25, -0.2) is 9.59 Å². The molecule has 0 unspecified atom stereocenters. The first kappa shape index (κ1) is 25.1. The minimum Gasteiger partial charge on any atom is -0.504 e. The topological polar surface area (TPSA) is 121 Å². The van der Waals surface area contributed by atoms with Gasteiger partial charge in [0.1, 0.15) is 11.5 Å². The van der Waals surface area contributed by atoms with Crippen molar-refractivity contribution in [3.8, 4) is 34.5 Å². The largest absolute Gasteiger partial charge is 0.504 e. The summed E-state index contributed by atoms with van der Waals surface area (Å²) in [5, 5.41) is 24.4. The number of ether oxygens (including phenoxy) is 2. The molecule has 0 fully saturated rings. The lowest BCUT2D eigenvalue weighted by Gasteiger charge is -2.10. The maximum absolute atomic E-state index is 12.1. The maximum Gasteiger partial charge on any atom is 0.351 e. The zero-order valence-corrected chi connectivity index (χ0v) is 19.4. The molecule has 4 aromatic rings. The Morgan fingerprint density at radius 3 is 1.38 bits per heavy atom. The Hall–Kier alpha value is -5.02. The standard InChI is InChI=1S/C28H22O9/c29-23-13-11-19(15-25(23)33-21-7-3-1-4-8-21)17-27(31)35-37-36-28(32)18-20-12-14-24(30)26(16-20)34-22-9-5-2-6-10-22/h1-16,29-30H,17-18H2. The van der Waals surface area contributed by atoms with Crippen molar-refractivity contribution in [1.82, 2.24) is 0 Å². The highest BCUT2D eigenvalue weighted by molar-refractivity contribution is 5.73. The van der Waals surface area contributed by atoms with Crippen molar-refractivity contribution in [3.05, 3.63) is 108 Å². The number of phenols is 2. The molecule has 2 N–H and O–H groups in total. The van der Waals surface area contributed by atoms with Gasteiger partial charge in [0, 0.05) is 5.04 Å². The van der Waals surface area contributed by atoms with Crippen LogP contribution in [0.15, 0.2) is 97.1 Å². The lowest BCUT2D eigenvalue weighted by Crippen LogP contribution is -2.13. The molecule has 9 nitrogen and oxygen atoms in total. The Bertz CT molecular complexity index is 1250. The third-order valence-electron chi connectivity index (χ3n) is 4.94. The van der Waals surface area contributed by atoms with Crippen molar-refractivity contribution in [3.63, 3.8) is 0 Å². The SMILES string of the molecule is O=C(Cc1ccc(O)c(Oc2ccccc2)c1)OOOC(=O)Cc1ccc(O)c(Oc2ccccc2)c1. The molecule has 0 aliphatic carbocycles. The Labute approximate surface area is 211 Å². The predicted octanol–water partition coefficient (Wildman–Crippen LogP) is 5.40. The van der Waals surface area contributed by atoms with Crippen LogP contribution in [0.3, 0.4) is 0 Å². The first-order chi connectivity index (χ1) is 18.0. The molecule has 9 heteroatoms. The molecule has 0 aromatic heterocycles. The number of aromatic hydroxyl groups is 2. The van der Waals surface area contributed by atoms with E-state index in [1.165, 1.54) is 36.4 Å². The van der Waals surface area contributed by atoms with Crippen LogP contribution in [0.4, 0.5) is 0 Å². The van der Waals surface area contributed by atoms with Gasteiger partial charge in [0.15, 0.2) is 23.0 Å². The number of carbonyl (C=O) groups is 2. The number of carbonyl (C=O) groups excluding carboxylic acids is 2. The van der Waals surface area contributed by atoms with Gasteiger partial charge in [-0.05, 0) is 59.7 Å². The van der Waals surface area contributed by atoms with E-state index in [0.29, 0.717) is 22.6 Å². The molecule has 0 aliphatic heterocycles. The van der Waals surface area contributed by atoms with Crippen molar-refractivity contribution in [2.24, 2.45) is 0 Å². The van der Waals surface area contributed by atoms with Crippen molar-refractivity contribution < 1.29 is 44.1 Å². The van der Waals surface area contributed by atoms with E-state index >= 15 is 0 Å². The average Bonchev–Trinajstić information content (AvgIpc) is 2.89. The molecule has 0 heterocycles. The fourth-order valence-corrected chi connectivity index (χ4v) is 3.22. The highest BCUT2D eigenvalue weighted by Gasteiger charge is 2.14. The van der Waals surface area contributed by atoms with E-state index in [9.17, 15) is 19.8 Å². The minimum absolute atomic E-state index is 0.0993. The lowest BCUT2D eigenvalue weighted by molar-refractivity contribution is -0.459. The average molecular weight is 502 g/mol. The third kappa shape index (κ3) is 7.48. The summed E-state index contributed by atoms with van der Waals surface area (Å²) in [5.74, 6) is -0.530. The van der Waals surface area contributed by atoms with E-state index in [2.05, 4.69) is 14.8 Å². The predicted molar refractivity (Wildman–Crippen MR) is 130 cm³/mol. The fraction of sp³-hybridized carbons (Fsp3) is 0.0714. The van der Waals surface area contributed by atoms with Crippen LogP contribution < -0.4 is 9.47 Å². The van der Waals surface area contributed by atoms with E-state index in [4.69, 9.17) is 9.47 Å². The smallest absolute Gasteiger partial charge is 0.351 e. The number of hydrogen-bond acceptors (Lipinski definition) is 9. The van der Waals surface area contributed by atoms with Gasteiger partial charge in [-0.3, -0.25) is 9.78 Å². The van der Waals surface area contributed by atoms with E-state index in [0.717, 1.165) is 0 Å². The molecule has 188 valence electrons. The van der Waals surface area contributed by atoms with Crippen LogP contribution in [0.2, 0.25) is 0 Å². The van der Waals surface area contributed by atoms with Gasteiger partial charge in [-0.1, -0.05) is 48.5 Å². The van der Waals surface area contributed by atoms with E-state index in [-0.39, 0.29) is 35.8 Å². The van der Waals surface area contributed by atoms with Gasteiger partial charge in [-0.2, -0.15) is 0 Å². The second-order valence-electron chi connectivity index (χ2n) is 7.77. The quantitative estimate of drug-likeness (QED) is 0.217. The van der Waals surface area contributed by atoms with Crippen LogP contribution >= 0.6 is 0 Å². The van der Waals surface area contributed by atoms with Crippen molar-refractivity contribution in [2.75, 3.05) is 0 Å². The van der Waals surface area contributed by atoms with Crippen molar-refractivity contribution >= 4 is 11.9 Å². The molecule has 0 radical (unpaired) electrons. The van der Waals surface area contributed by atoms with E-state index < -0.39 is 11.9 Å². The second kappa shape index (κ2) is 12.1. The summed E-state index contributed by atoms with van der Waals surface area (Å²) in [6, 6.07) is 26.4. The maximum atomic E-state index is 12.1. The summed E-state index contributed by atoms with van der Waals surface area (Å²) >= 11 is 0. The number of rotatable bonds is 10. The van der Waals surface area contributed by atoms with Crippen LogP contribution in [-0.4, -0.2) is 22.2 Å². The molecule has 4 aromatic carbocycles. The Balaban J connectivity index is 1.25. The first-order valence-electron chi connectivity index (χ1n) is 11.1. The molecule has 0 saturated carbocycles. The number of benzene rings is 4. The Morgan fingerprint density at radius 1 is 0.568 bits per heavy atom. The Morgan fingerprint density at radius 2 is 0.973 bits per heavy atom. The molecule has 37 heavy (non-hydrogen) atoms. The summed E-state index contributed by atoms with van der Waals surface area (Å²) in [7, 11) is 0. The normalized spacial score (nSPS) is 10.4. The monoisotopic (exact) mass is 502 g/mol. The molecule has 4 rings (SSSR count). The summed E-state index contributed by atoms with van der Waals surface area (Å²) < 4.78 is 11.2. The number of hydrogen-bond donors (Lipinski definition) is 2. The molecule has 0 atom stereocenters. The zero-order chi connectivity index (χ0) is 26.0. The van der Waals surface area contributed by atoms with Crippen molar-refractivity contribution in [2.45, 2.75) is 12.8 Å². The fourth-order valence-electron chi connectivity index (χ4n) is 3.22. The lowest BCUT2D eigenvalue weighted by atomic mass is 10.1. The zero-order valence-electron chi connectivity index (χ0n) is 19.4. The van der Waals surface area contributed by atoms with Crippen LogP contribution in [0.1, 0.15) is 11.1 Å². The van der Waals surface area contributed by atoms with Gasteiger partial charge >= 0.3 is 11.9 Å². The summed E-state index contributed by atoms with van der Waals surface area (Å²) in [6.07, 6.45) is -0.470. The second-order valence-corrected chi connectivity index (χ2v) is 7.77. The molecule has 0 spiro atoms. The van der Waals surface area contributed by atoms with Crippen LogP contribution in [0.5, 0.6) is 34.5 Å². The molecular weight excluding hydrogens is 480 g/mol. The number of para-hydroxylation sites is 2. The van der Waals surface area contributed by atoms with Crippen LogP contribution in [-0.2, 0) is 37.2 Å². The first-order valence-corrected chi connectivity index (χ1v) is 11.1. The molecule has 0 aliphatic rings. The summed E-state index contributed by atoms with van der Waals surface area (Å²) in [4.78, 5) is 33.2. The van der Waals surface area contributed by atoms with Crippen molar-refractivity contribution in [1.29, 1.82) is 0 Å². The highest BCUT2D eigenvalue weighted by atomic mass is 17.5. The Kier molecular flexibility index (Phi) is 8.20. The number of phenolic OH excluding ortho intramolecular Hbond substituents is 2. The van der Waals surface area contributed by atoms with Gasteiger partial charge in [-0.15, -0.1) is 0 Å². The summed E-state index contributed by atoms with van der Waals surface area (Å²) in [5.41, 5.74) is 0.942. The van der Waals surface area contributed by atoms with Gasteiger partial charge in [0.05, 0.1) is 12.8 Å². The molecular formula is C28H22O9. The van der Waals surface area contributed by atoms with E-state index in [1.54, 1.807) is 48.5 Å². The molecule has 0 amide bonds. The van der Waals surface area contributed by atoms with E-state index in [1.807, 2.05) is 12.1 Å². The van der Waals surface area contributed by atoms with Crippen LogP contribution in [0.25, 0.3) is 0 Å². The van der Waals surface area contributed by atoms with Gasteiger partial charge in [0.2, 0.25) is 0 Å². The third-order valence-corrected chi connectivity index (χ3v) is 4.94. The summed E-state index contributed by atoms with van der Waals surface area (Å²) in [6.45, 7) is 0. The highest BCUT2D eigenvalue weighted by Crippen LogP contribution is 2.32. The minimum atomic E-state index is -0.840. The van der Waals surface area contributed by atoms with Crippen LogP contribution in [0, 0.1) is 0 Å². The molecule has 0 saturated heterocycles. The van der Waals surface area contributed by atoms with Gasteiger partial charge < -0.3 is 19.7 Å².